The molecule has 0 unspecified atom stereocenters. The molecule has 0 bridgehead atoms. The van der Waals surface area contributed by atoms with Crippen molar-refractivity contribution in [1.82, 2.24) is 5.06 Å². The summed E-state index contributed by atoms with van der Waals surface area (Å²) in [6.45, 7) is 4.75. The normalized spacial score (nSPS) is 10.2. The molecule has 0 heterocycles. The predicted molar refractivity (Wildman–Crippen MR) is 50.2 cm³/mol. The summed E-state index contributed by atoms with van der Waals surface area (Å²) < 4.78 is 4.91. The molecule has 13 heavy (non-hydrogen) atoms. The second-order valence-corrected chi connectivity index (χ2v) is 3.33. The van der Waals surface area contributed by atoms with E-state index in [1.165, 1.54) is 14.2 Å². The zero-order chi connectivity index (χ0) is 10.3. The van der Waals surface area contributed by atoms with Crippen LogP contribution in [0, 0.1) is 5.92 Å². The van der Waals surface area contributed by atoms with Crippen molar-refractivity contribution in [3.63, 3.8) is 0 Å². The van der Waals surface area contributed by atoms with Crippen LogP contribution in [0.3, 0.4) is 0 Å². The van der Waals surface area contributed by atoms with Crippen LogP contribution in [0.2, 0.25) is 0 Å². The molecule has 0 spiro atoms. The first kappa shape index (κ1) is 12.2. The fourth-order valence-electron chi connectivity index (χ4n) is 0.816. The molecule has 0 fully saturated rings. The number of carbonyl (C=O) groups excluding carboxylic acids is 1. The lowest BCUT2D eigenvalue weighted by molar-refractivity contribution is -0.0906. The Kier molecular flexibility index (Phi) is 6.32. The number of hydrogen-bond donors (Lipinski definition) is 0. The summed E-state index contributed by atoms with van der Waals surface area (Å²) in [7, 11) is 2.94. The maximum Gasteiger partial charge on any atom is 0.433 e. The Morgan fingerprint density at radius 3 is 2.54 bits per heavy atom. The number of hydrogen-bond acceptors (Lipinski definition) is 3. The molecule has 0 aromatic heterocycles. The van der Waals surface area contributed by atoms with Gasteiger partial charge >= 0.3 is 6.09 Å². The van der Waals surface area contributed by atoms with Gasteiger partial charge in [0.2, 0.25) is 0 Å². The van der Waals surface area contributed by atoms with Crippen LogP contribution in [-0.4, -0.2) is 31.9 Å². The molecular weight excluding hydrogens is 170 g/mol. The number of carbonyl (C=O) groups is 1. The number of hydroxylamine groups is 2. The highest BCUT2D eigenvalue weighted by Gasteiger charge is 2.07. The molecule has 0 aliphatic rings. The van der Waals surface area contributed by atoms with E-state index in [-0.39, 0.29) is 0 Å². The van der Waals surface area contributed by atoms with Gasteiger partial charge in [0.05, 0.1) is 13.7 Å². The second kappa shape index (κ2) is 6.71. The average molecular weight is 189 g/mol. The maximum absolute atomic E-state index is 11.0. The topological polar surface area (TPSA) is 38.8 Å². The monoisotopic (exact) mass is 189 g/mol. The Bertz CT molecular complexity index is 148. The summed E-state index contributed by atoms with van der Waals surface area (Å²) in [6, 6.07) is 0. The van der Waals surface area contributed by atoms with Crippen LogP contribution < -0.4 is 0 Å². The lowest BCUT2D eigenvalue weighted by Crippen LogP contribution is -2.26. The van der Waals surface area contributed by atoms with Crippen molar-refractivity contribution in [2.24, 2.45) is 5.92 Å². The molecule has 0 N–H and O–H groups in total. The van der Waals surface area contributed by atoms with Gasteiger partial charge in [0.25, 0.3) is 0 Å². The highest BCUT2D eigenvalue weighted by molar-refractivity contribution is 5.65. The van der Waals surface area contributed by atoms with E-state index in [0.717, 1.165) is 17.9 Å². The zero-order valence-electron chi connectivity index (χ0n) is 8.87. The molecule has 0 aliphatic carbocycles. The Morgan fingerprint density at radius 2 is 2.08 bits per heavy atom. The number of rotatable bonds is 5. The molecule has 0 saturated heterocycles. The molecule has 0 atom stereocenters. The maximum atomic E-state index is 11.0. The van der Waals surface area contributed by atoms with Gasteiger partial charge in [-0.2, -0.15) is 5.06 Å². The van der Waals surface area contributed by atoms with Crippen LogP contribution in [0.25, 0.3) is 0 Å². The van der Waals surface area contributed by atoms with Gasteiger partial charge in [-0.3, -0.25) is 4.84 Å². The van der Waals surface area contributed by atoms with Gasteiger partial charge in [0.15, 0.2) is 0 Å². The fourth-order valence-corrected chi connectivity index (χ4v) is 0.816. The minimum atomic E-state index is -0.439. The molecule has 78 valence electrons. The van der Waals surface area contributed by atoms with E-state index in [2.05, 4.69) is 18.7 Å². The Labute approximate surface area is 79.8 Å². The van der Waals surface area contributed by atoms with E-state index < -0.39 is 6.09 Å². The Hall–Kier alpha value is -0.770. The van der Waals surface area contributed by atoms with E-state index in [0.29, 0.717) is 12.5 Å². The van der Waals surface area contributed by atoms with Gasteiger partial charge in [-0.1, -0.05) is 13.8 Å². The number of nitrogens with zero attached hydrogens (tertiary/aromatic N) is 1. The third-order valence-electron chi connectivity index (χ3n) is 1.68. The molecule has 4 heteroatoms. The van der Waals surface area contributed by atoms with Gasteiger partial charge in [-0.15, -0.1) is 0 Å². The van der Waals surface area contributed by atoms with Crippen LogP contribution >= 0.6 is 0 Å². The SMILES string of the molecule is CON(C)C(=O)OCCCC(C)C. The Morgan fingerprint density at radius 1 is 1.46 bits per heavy atom. The van der Waals surface area contributed by atoms with Gasteiger partial charge < -0.3 is 4.74 Å². The lowest BCUT2D eigenvalue weighted by atomic mass is 10.1. The van der Waals surface area contributed by atoms with Gasteiger partial charge in [-0.25, -0.2) is 4.79 Å². The van der Waals surface area contributed by atoms with Crippen LogP contribution in [0.5, 0.6) is 0 Å². The molecule has 0 saturated carbocycles. The van der Waals surface area contributed by atoms with Crippen molar-refractivity contribution in [2.45, 2.75) is 26.7 Å². The highest BCUT2D eigenvalue weighted by Crippen LogP contribution is 2.03. The van der Waals surface area contributed by atoms with Crippen molar-refractivity contribution >= 4 is 6.09 Å². The lowest BCUT2D eigenvalue weighted by Gasteiger charge is -2.13. The first-order valence-corrected chi connectivity index (χ1v) is 4.52. The minimum Gasteiger partial charge on any atom is -0.448 e. The molecular formula is C9H19NO3. The summed E-state index contributed by atoms with van der Waals surface area (Å²) in [5.74, 6) is 0.652. The number of amides is 1. The van der Waals surface area contributed by atoms with Crippen molar-refractivity contribution in [1.29, 1.82) is 0 Å². The van der Waals surface area contributed by atoms with E-state index in [4.69, 9.17) is 4.74 Å². The second-order valence-electron chi connectivity index (χ2n) is 3.33. The molecule has 0 aliphatic heterocycles. The molecule has 0 aromatic carbocycles. The first-order valence-electron chi connectivity index (χ1n) is 4.52. The summed E-state index contributed by atoms with van der Waals surface area (Å²) in [5.41, 5.74) is 0. The van der Waals surface area contributed by atoms with Crippen LogP contribution in [0.4, 0.5) is 4.79 Å². The van der Waals surface area contributed by atoms with Crippen LogP contribution in [0.1, 0.15) is 26.7 Å². The van der Waals surface area contributed by atoms with Crippen molar-refractivity contribution in [3.05, 3.63) is 0 Å². The molecule has 0 rings (SSSR count). The first-order chi connectivity index (χ1) is 6.07. The van der Waals surface area contributed by atoms with Crippen molar-refractivity contribution in [2.75, 3.05) is 20.8 Å². The highest BCUT2D eigenvalue weighted by atomic mass is 16.7. The zero-order valence-corrected chi connectivity index (χ0v) is 8.87. The summed E-state index contributed by atoms with van der Waals surface area (Å²) in [4.78, 5) is 15.6. The van der Waals surface area contributed by atoms with Crippen LogP contribution in [0.15, 0.2) is 0 Å². The Balaban J connectivity index is 3.37. The standard InChI is InChI=1S/C9H19NO3/c1-8(2)6-5-7-13-9(11)10(3)12-4/h8H,5-7H2,1-4H3. The summed E-state index contributed by atoms with van der Waals surface area (Å²) in [5, 5.41) is 1.06. The number of ether oxygens (including phenoxy) is 1. The van der Waals surface area contributed by atoms with Crippen molar-refractivity contribution in [3.8, 4) is 0 Å². The van der Waals surface area contributed by atoms with Gasteiger partial charge in [0, 0.05) is 7.05 Å². The summed E-state index contributed by atoms with van der Waals surface area (Å²) >= 11 is 0. The van der Waals surface area contributed by atoms with Gasteiger partial charge in [-0.05, 0) is 18.8 Å². The molecule has 0 aromatic rings. The van der Waals surface area contributed by atoms with Gasteiger partial charge in [0.1, 0.15) is 0 Å². The summed E-state index contributed by atoms with van der Waals surface area (Å²) in [6.07, 6.45) is 1.54. The van der Waals surface area contributed by atoms with Crippen molar-refractivity contribution < 1.29 is 14.4 Å². The van der Waals surface area contributed by atoms with E-state index in [1.807, 2.05) is 0 Å². The fraction of sp³-hybridized carbons (Fsp3) is 0.889. The average Bonchev–Trinajstić information content (AvgIpc) is 2.10. The van der Waals surface area contributed by atoms with E-state index in [1.54, 1.807) is 0 Å². The third kappa shape index (κ3) is 6.40. The molecule has 1 amide bonds. The minimum absolute atomic E-state index is 0.439. The van der Waals surface area contributed by atoms with E-state index >= 15 is 0 Å². The van der Waals surface area contributed by atoms with E-state index in [9.17, 15) is 4.79 Å². The van der Waals surface area contributed by atoms with Crippen LogP contribution in [-0.2, 0) is 9.57 Å². The largest absolute Gasteiger partial charge is 0.448 e. The smallest absolute Gasteiger partial charge is 0.433 e. The predicted octanol–water partition coefficient (Wildman–Crippen LogP) is 2.05. The molecule has 0 radical (unpaired) electrons. The third-order valence-corrected chi connectivity index (χ3v) is 1.68. The quantitative estimate of drug-likeness (QED) is 0.491. The molecule has 4 nitrogen and oxygen atoms in total.